The third kappa shape index (κ3) is 3.73. The summed E-state index contributed by atoms with van der Waals surface area (Å²) in [7, 11) is 0. The summed E-state index contributed by atoms with van der Waals surface area (Å²) in [5, 5.41) is 0. The number of hydrazine groups is 1. The Hall–Kier alpha value is -1.16. The molecule has 2 aromatic rings. The zero-order chi connectivity index (χ0) is 15.6. The summed E-state index contributed by atoms with van der Waals surface area (Å²) in [4.78, 5) is 0. The van der Waals surface area contributed by atoms with Crippen LogP contribution >= 0.6 is 15.9 Å². The maximum Gasteiger partial charge on any atom is 0.0500 e. The van der Waals surface area contributed by atoms with Crippen molar-refractivity contribution >= 4 is 15.9 Å². The molecule has 2 rings (SSSR count). The maximum atomic E-state index is 5.82. The highest BCUT2D eigenvalue weighted by Gasteiger charge is 2.14. The molecule has 0 saturated heterocycles. The molecule has 2 aromatic carbocycles. The fourth-order valence-electron chi connectivity index (χ4n) is 2.69. The van der Waals surface area contributed by atoms with E-state index >= 15 is 0 Å². The molecule has 0 saturated carbocycles. The summed E-state index contributed by atoms with van der Waals surface area (Å²) in [6.45, 7) is 8.51. The van der Waals surface area contributed by atoms with Gasteiger partial charge < -0.3 is 0 Å². The number of hydrogen-bond acceptors (Lipinski definition) is 2. The van der Waals surface area contributed by atoms with Gasteiger partial charge in [-0.25, -0.2) is 0 Å². The summed E-state index contributed by atoms with van der Waals surface area (Å²) in [5.41, 5.74) is 10.6. The molecule has 0 aliphatic heterocycles. The first-order chi connectivity index (χ1) is 9.92. The fraction of sp³-hybridized carbons (Fsp3) is 0.333. The Morgan fingerprint density at radius 3 is 2.19 bits per heavy atom. The highest BCUT2D eigenvalue weighted by atomic mass is 79.9. The van der Waals surface area contributed by atoms with E-state index in [9.17, 15) is 0 Å². The first-order valence-corrected chi connectivity index (χ1v) is 8.00. The zero-order valence-corrected chi connectivity index (χ0v) is 14.7. The topological polar surface area (TPSA) is 38.0 Å². The predicted octanol–water partition coefficient (Wildman–Crippen LogP) is 4.43. The molecule has 1 atom stereocenters. The van der Waals surface area contributed by atoms with Crippen molar-refractivity contribution in [3.8, 4) is 0 Å². The lowest BCUT2D eigenvalue weighted by Gasteiger charge is -2.20. The monoisotopic (exact) mass is 346 g/mol. The van der Waals surface area contributed by atoms with Gasteiger partial charge in [0, 0.05) is 4.47 Å². The first-order valence-electron chi connectivity index (χ1n) is 7.21. The molecule has 3 N–H and O–H groups in total. The van der Waals surface area contributed by atoms with Gasteiger partial charge in [-0.3, -0.25) is 11.3 Å². The van der Waals surface area contributed by atoms with Crippen LogP contribution in [0.4, 0.5) is 0 Å². The summed E-state index contributed by atoms with van der Waals surface area (Å²) in [6.07, 6.45) is 0.893. The largest absolute Gasteiger partial charge is 0.271 e. The average molecular weight is 347 g/mol. The molecule has 112 valence electrons. The van der Waals surface area contributed by atoms with Crippen molar-refractivity contribution in [1.29, 1.82) is 0 Å². The van der Waals surface area contributed by atoms with Crippen LogP contribution in [0.2, 0.25) is 0 Å². The highest BCUT2D eigenvalue weighted by molar-refractivity contribution is 9.10. The third-order valence-corrected chi connectivity index (χ3v) is 5.24. The summed E-state index contributed by atoms with van der Waals surface area (Å²) >= 11 is 3.62. The van der Waals surface area contributed by atoms with Crippen LogP contribution in [0.5, 0.6) is 0 Å². The van der Waals surface area contributed by atoms with Crippen molar-refractivity contribution < 1.29 is 0 Å². The van der Waals surface area contributed by atoms with E-state index in [1.165, 1.54) is 37.9 Å². The lowest BCUT2D eigenvalue weighted by molar-refractivity contribution is 0.550. The summed E-state index contributed by atoms with van der Waals surface area (Å²) in [6, 6.07) is 11.1. The number of aryl methyl sites for hydroxylation is 4. The van der Waals surface area contributed by atoms with Crippen LogP contribution in [-0.4, -0.2) is 0 Å². The molecule has 0 heterocycles. The lowest BCUT2D eigenvalue weighted by Crippen LogP contribution is -2.30. The van der Waals surface area contributed by atoms with Gasteiger partial charge in [-0.1, -0.05) is 51.8 Å². The van der Waals surface area contributed by atoms with E-state index in [1.807, 2.05) is 0 Å². The van der Waals surface area contributed by atoms with Crippen LogP contribution in [0.3, 0.4) is 0 Å². The number of rotatable bonds is 4. The molecule has 0 fully saturated rings. The van der Waals surface area contributed by atoms with Crippen molar-refractivity contribution in [3.05, 3.63) is 68.2 Å². The van der Waals surface area contributed by atoms with E-state index in [0.717, 1.165) is 6.42 Å². The van der Waals surface area contributed by atoms with Gasteiger partial charge in [0.15, 0.2) is 0 Å². The van der Waals surface area contributed by atoms with Crippen LogP contribution in [-0.2, 0) is 6.42 Å². The smallest absolute Gasteiger partial charge is 0.0500 e. The van der Waals surface area contributed by atoms with E-state index in [1.54, 1.807) is 0 Å². The second-order valence-corrected chi connectivity index (χ2v) is 6.61. The van der Waals surface area contributed by atoms with Gasteiger partial charge in [-0.05, 0) is 61.9 Å². The van der Waals surface area contributed by atoms with E-state index < -0.39 is 0 Å². The standard InChI is InChI=1S/C18H23BrN2/c1-11-5-6-12(2)15(7-11)10-17(21-20)16-8-13(3)18(19)14(4)9-16/h5-9,17,21H,10,20H2,1-4H3. The number of hydrogen-bond donors (Lipinski definition) is 2. The maximum absolute atomic E-state index is 5.82. The minimum Gasteiger partial charge on any atom is -0.271 e. The number of halogens is 1. The van der Waals surface area contributed by atoms with E-state index in [4.69, 9.17) is 5.84 Å². The Morgan fingerprint density at radius 1 is 1.00 bits per heavy atom. The highest BCUT2D eigenvalue weighted by Crippen LogP contribution is 2.27. The molecule has 0 aliphatic rings. The quantitative estimate of drug-likeness (QED) is 0.634. The second kappa shape index (κ2) is 6.73. The fourth-order valence-corrected chi connectivity index (χ4v) is 2.92. The van der Waals surface area contributed by atoms with E-state index in [-0.39, 0.29) is 6.04 Å². The molecule has 0 aromatic heterocycles. The van der Waals surface area contributed by atoms with Gasteiger partial charge in [0.25, 0.3) is 0 Å². The minimum absolute atomic E-state index is 0.121. The molecule has 0 amide bonds. The molecular formula is C18H23BrN2. The zero-order valence-electron chi connectivity index (χ0n) is 13.1. The molecule has 3 heteroatoms. The van der Waals surface area contributed by atoms with E-state index in [0.29, 0.717) is 0 Å². The van der Waals surface area contributed by atoms with Crippen LogP contribution < -0.4 is 11.3 Å². The Labute approximate surface area is 135 Å². The van der Waals surface area contributed by atoms with E-state index in [2.05, 4.69) is 79.4 Å². The Kier molecular flexibility index (Phi) is 5.20. The normalized spacial score (nSPS) is 12.5. The average Bonchev–Trinajstić information content (AvgIpc) is 2.45. The molecule has 21 heavy (non-hydrogen) atoms. The number of nitrogens with one attached hydrogen (secondary N) is 1. The minimum atomic E-state index is 0.121. The van der Waals surface area contributed by atoms with Crippen LogP contribution in [0.25, 0.3) is 0 Å². The molecular weight excluding hydrogens is 324 g/mol. The van der Waals surface area contributed by atoms with Gasteiger partial charge in [0.2, 0.25) is 0 Å². The first kappa shape index (κ1) is 16.2. The van der Waals surface area contributed by atoms with Gasteiger partial charge in [-0.15, -0.1) is 0 Å². The summed E-state index contributed by atoms with van der Waals surface area (Å²) in [5.74, 6) is 5.82. The Bertz CT molecular complexity index is 627. The second-order valence-electron chi connectivity index (χ2n) is 5.82. The van der Waals surface area contributed by atoms with Crippen molar-refractivity contribution in [2.75, 3.05) is 0 Å². The molecule has 1 unspecified atom stereocenters. The van der Waals surface area contributed by atoms with Crippen molar-refractivity contribution in [3.63, 3.8) is 0 Å². The predicted molar refractivity (Wildman–Crippen MR) is 93.3 cm³/mol. The van der Waals surface area contributed by atoms with Crippen molar-refractivity contribution in [1.82, 2.24) is 5.43 Å². The molecule has 0 aliphatic carbocycles. The third-order valence-electron chi connectivity index (χ3n) is 3.99. The number of nitrogens with two attached hydrogens (primary N) is 1. The number of benzene rings is 2. The summed E-state index contributed by atoms with van der Waals surface area (Å²) < 4.78 is 1.17. The SMILES string of the molecule is Cc1ccc(C)c(CC(NN)c2cc(C)c(Br)c(C)c2)c1. The molecule has 0 radical (unpaired) electrons. The van der Waals surface area contributed by atoms with Crippen LogP contribution in [0.1, 0.15) is 39.4 Å². The van der Waals surface area contributed by atoms with Gasteiger partial charge in [0.1, 0.15) is 0 Å². The molecule has 0 spiro atoms. The molecule has 0 bridgehead atoms. The Balaban J connectivity index is 2.34. The van der Waals surface area contributed by atoms with Crippen molar-refractivity contribution in [2.24, 2.45) is 5.84 Å². The van der Waals surface area contributed by atoms with Crippen molar-refractivity contribution in [2.45, 2.75) is 40.2 Å². The molecule has 2 nitrogen and oxygen atoms in total. The van der Waals surface area contributed by atoms with Crippen LogP contribution in [0, 0.1) is 27.7 Å². The lowest BCUT2D eigenvalue weighted by atomic mass is 9.93. The van der Waals surface area contributed by atoms with Gasteiger partial charge in [-0.2, -0.15) is 0 Å². The van der Waals surface area contributed by atoms with Crippen LogP contribution in [0.15, 0.2) is 34.8 Å². The Morgan fingerprint density at radius 2 is 1.62 bits per heavy atom. The van der Waals surface area contributed by atoms with Gasteiger partial charge >= 0.3 is 0 Å². The van der Waals surface area contributed by atoms with Gasteiger partial charge in [0.05, 0.1) is 6.04 Å².